The van der Waals surface area contributed by atoms with Gasteiger partial charge in [0.2, 0.25) is 5.88 Å². The van der Waals surface area contributed by atoms with E-state index < -0.39 is 10.0 Å². The average Bonchev–Trinajstić information content (AvgIpc) is 3.22. The van der Waals surface area contributed by atoms with Gasteiger partial charge in [-0.05, 0) is 56.3 Å². The highest BCUT2D eigenvalue weighted by atomic mass is 32.2. The lowest BCUT2D eigenvalue weighted by atomic mass is 10.3. The van der Waals surface area contributed by atoms with Crippen LogP contribution in [0.1, 0.15) is 9.75 Å². The van der Waals surface area contributed by atoms with Crippen LogP contribution in [-0.4, -0.2) is 18.4 Å². The molecule has 0 saturated carbocycles. The van der Waals surface area contributed by atoms with Crippen LogP contribution in [0.2, 0.25) is 0 Å². The maximum absolute atomic E-state index is 12.4. The minimum absolute atomic E-state index is 0.288. The largest absolute Gasteiger partial charge is 0.438 e. The Balaban J connectivity index is 1.54. The van der Waals surface area contributed by atoms with Gasteiger partial charge in [0.1, 0.15) is 21.1 Å². The van der Waals surface area contributed by atoms with Gasteiger partial charge in [0.05, 0.1) is 5.39 Å². The Bertz CT molecular complexity index is 1210. The van der Waals surface area contributed by atoms with Crippen molar-refractivity contribution in [3.63, 3.8) is 0 Å². The fourth-order valence-corrected chi connectivity index (χ4v) is 5.68. The average molecular weight is 418 g/mol. The van der Waals surface area contributed by atoms with E-state index in [2.05, 4.69) is 14.7 Å². The molecule has 1 N–H and O–H groups in total. The van der Waals surface area contributed by atoms with Crippen molar-refractivity contribution < 1.29 is 13.2 Å². The van der Waals surface area contributed by atoms with Crippen LogP contribution in [0.25, 0.3) is 10.2 Å². The molecule has 0 bridgehead atoms. The van der Waals surface area contributed by atoms with Gasteiger partial charge in [-0.25, -0.2) is 18.4 Å². The Labute approximate surface area is 164 Å². The first-order chi connectivity index (χ1) is 12.9. The Hall–Kier alpha value is -2.49. The van der Waals surface area contributed by atoms with E-state index in [0.29, 0.717) is 17.3 Å². The Morgan fingerprint density at radius 1 is 0.963 bits per heavy atom. The molecule has 0 aliphatic carbocycles. The lowest BCUT2D eigenvalue weighted by Crippen LogP contribution is -2.11. The number of fused-ring (bicyclic) bond motifs is 1. The number of aromatic nitrogens is 2. The molecule has 9 heteroatoms. The molecular weight excluding hydrogens is 402 g/mol. The van der Waals surface area contributed by atoms with Crippen LogP contribution < -0.4 is 9.46 Å². The predicted octanol–water partition coefficient (Wildman–Crippen LogP) is 4.96. The summed E-state index contributed by atoms with van der Waals surface area (Å²) in [6.07, 6.45) is 1.47. The van der Waals surface area contributed by atoms with E-state index in [1.807, 2.05) is 19.9 Å². The molecule has 138 valence electrons. The van der Waals surface area contributed by atoms with Crippen LogP contribution in [-0.2, 0) is 10.0 Å². The lowest BCUT2D eigenvalue weighted by molar-refractivity contribution is 0.468. The molecule has 0 radical (unpaired) electrons. The second-order valence-corrected chi connectivity index (χ2v) is 10.3. The van der Waals surface area contributed by atoms with Crippen molar-refractivity contribution in [1.82, 2.24) is 9.97 Å². The molecule has 3 heterocycles. The Morgan fingerprint density at radius 2 is 1.74 bits per heavy atom. The third kappa shape index (κ3) is 3.80. The molecule has 3 aromatic heterocycles. The number of thiophene rings is 2. The van der Waals surface area contributed by atoms with Crippen molar-refractivity contribution in [2.45, 2.75) is 18.1 Å². The number of anilines is 1. The van der Waals surface area contributed by atoms with Gasteiger partial charge in [-0.15, -0.1) is 22.7 Å². The third-order valence-electron chi connectivity index (χ3n) is 3.72. The van der Waals surface area contributed by atoms with Crippen LogP contribution >= 0.6 is 22.7 Å². The zero-order valence-corrected chi connectivity index (χ0v) is 16.9. The molecule has 1 aromatic carbocycles. The van der Waals surface area contributed by atoms with Crippen molar-refractivity contribution in [2.75, 3.05) is 4.72 Å². The van der Waals surface area contributed by atoms with E-state index >= 15 is 0 Å². The smallest absolute Gasteiger partial charge is 0.271 e. The Kier molecular flexibility index (Phi) is 4.58. The summed E-state index contributed by atoms with van der Waals surface area (Å²) in [4.78, 5) is 11.4. The normalized spacial score (nSPS) is 11.6. The summed E-state index contributed by atoms with van der Waals surface area (Å²) in [6.45, 7) is 3.88. The minimum atomic E-state index is -3.58. The number of hydrogen-bond acceptors (Lipinski definition) is 7. The van der Waals surface area contributed by atoms with Crippen LogP contribution in [0.4, 0.5) is 5.69 Å². The highest BCUT2D eigenvalue weighted by Crippen LogP contribution is 2.32. The Morgan fingerprint density at radius 3 is 2.44 bits per heavy atom. The molecule has 0 fully saturated rings. The van der Waals surface area contributed by atoms with E-state index in [-0.39, 0.29) is 4.21 Å². The van der Waals surface area contributed by atoms with Gasteiger partial charge in [-0.2, -0.15) is 0 Å². The molecule has 0 aliphatic rings. The van der Waals surface area contributed by atoms with Gasteiger partial charge < -0.3 is 4.74 Å². The number of sulfonamides is 1. The van der Waals surface area contributed by atoms with E-state index in [1.54, 1.807) is 47.7 Å². The summed E-state index contributed by atoms with van der Waals surface area (Å²) >= 11 is 2.81. The van der Waals surface area contributed by atoms with Gasteiger partial charge in [0.25, 0.3) is 10.0 Å². The number of rotatable bonds is 5. The van der Waals surface area contributed by atoms with E-state index in [1.165, 1.54) is 17.7 Å². The first-order valence-electron chi connectivity index (χ1n) is 7.99. The fraction of sp³-hybridized carbons (Fsp3) is 0.111. The summed E-state index contributed by atoms with van der Waals surface area (Å²) in [5.74, 6) is 1.04. The summed E-state index contributed by atoms with van der Waals surface area (Å²) in [5, 5.41) is 0.859. The highest BCUT2D eigenvalue weighted by molar-refractivity contribution is 7.94. The summed E-state index contributed by atoms with van der Waals surface area (Å²) < 4.78 is 33.5. The number of nitrogens with zero attached hydrogens (tertiary/aromatic N) is 2. The summed E-state index contributed by atoms with van der Waals surface area (Å²) in [5.41, 5.74) is 0.465. The summed E-state index contributed by atoms with van der Waals surface area (Å²) in [7, 11) is -3.58. The van der Waals surface area contributed by atoms with Gasteiger partial charge in [0.15, 0.2) is 0 Å². The van der Waals surface area contributed by atoms with Gasteiger partial charge in [0, 0.05) is 15.4 Å². The van der Waals surface area contributed by atoms with E-state index in [9.17, 15) is 8.42 Å². The van der Waals surface area contributed by atoms with Gasteiger partial charge in [-0.3, -0.25) is 4.72 Å². The molecule has 0 saturated heterocycles. The standard InChI is InChI=1S/C18H15N3O3S3/c1-11-3-8-16(25-11)27(22,23)21-13-4-6-14(7-5-13)24-17-15-9-12(2)26-18(15)20-10-19-17/h3-10,21H,1-2H3. The van der Waals surface area contributed by atoms with Crippen molar-refractivity contribution in [3.05, 3.63) is 58.5 Å². The number of aryl methyl sites for hydroxylation is 2. The molecule has 0 aliphatic heterocycles. The van der Waals surface area contributed by atoms with Crippen LogP contribution in [0.3, 0.4) is 0 Å². The molecule has 0 unspecified atom stereocenters. The van der Waals surface area contributed by atoms with E-state index in [0.717, 1.165) is 20.0 Å². The molecule has 0 atom stereocenters. The van der Waals surface area contributed by atoms with Crippen molar-refractivity contribution in [2.24, 2.45) is 0 Å². The molecule has 4 rings (SSSR count). The maximum atomic E-state index is 12.4. The first kappa shape index (κ1) is 17.9. The monoisotopic (exact) mass is 417 g/mol. The molecular formula is C18H15N3O3S3. The highest BCUT2D eigenvalue weighted by Gasteiger charge is 2.16. The van der Waals surface area contributed by atoms with E-state index in [4.69, 9.17) is 4.74 Å². The molecule has 0 amide bonds. The molecule has 27 heavy (non-hydrogen) atoms. The topological polar surface area (TPSA) is 81.2 Å². The zero-order valence-electron chi connectivity index (χ0n) is 14.5. The second-order valence-electron chi connectivity index (χ2n) is 5.85. The zero-order chi connectivity index (χ0) is 19.0. The second kappa shape index (κ2) is 6.91. The third-order valence-corrected chi connectivity index (χ3v) is 7.55. The lowest BCUT2D eigenvalue weighted by Gasteiger charge is -2.08. The minimum Gasteiger partial charge on any atom is -0.438 e. The first-order valence-corrected chi connectivity index (χ1v) is 11.1. The molecule has 6 nitrogen and oxygen atoms in total. The van der Waals surface area contributed by atoms with Gasteiger partial charge >= 0.3 is 0 Å². The fourth-order valence-electron chi connectivity index (χ4n) is 2.50. The number of ether oxygens (including phenoxy) is 1. The molecule has 4 aromatic rings. The van der Waals surface area contributed by atoms with Crippen LogP contribution in [0.15, 0.2) is 53.0 Å². The van der Waals surface area contributed by atoms with Crippen LogP contribution in [0, 0.1) is 13.8 Å². The van der Waals surface area contributed by atoms with Crippen LogP contribution in [0.5, 0.6) is 11.6 Å². The molecule has 0 spiro atoms. The van der Waals surface area contributed by atoms with Crippen molar-refractivity contribution in [3.8, 4) is 11.6 Å². The predicted molar refractivity (Wildman–Crippen MR) is 109 cm³/mol. The number of benzene rings is 1. The maximum Gasteiger partial charge on any atom is 0.271 e. The van der Waals surface area contributed by atoms with Crippen molar-refractivity contribution in [1.29, 1.82) is 0 Å². The van der Waals surface area contributed by atoms with Crippen molar-refractivity contribution >= 4 is 48.6 Å². The summed E-state index contributed by atoms with van der Waals surface area (Å²) in [6, 6.07) is 12.1. The number of nitrogens with one attached hydrogen (secondary N) is 1. The SMILES string of the molecule is Cc1ccc(S(=O)(=O)Nc2ccc(Oc3ncnc4sc(C)cc34)cc2)s1. The number of hydrogen-bond donors (Lipinski definition) is 1. The quantitative estimate of drug-likeness (QED) is 0.496. The van der Waals surface area contributed by atoms with Gasteiger partial charge in [-0.1, -0.05) is 0 Å².